The van der Waals surface area contributed by atoms with Crippen LogP contribution in [0.5, 0.6) is 0 Å². The Morgan fingerprint density at radius 1 is 1.13 bits per heavy atom. The maximum Gasteiger partial charge on any atom is 0.263 e. The quantitative estimate of drug-likeness (QED) is 0.659. The Hall–Kier alpha value is -3.03. The summed E-state index contributed by atoms with van der Waals surface area (Å²) in [5.41, 5.74) is -0.232. The molecule has 1 fully saturated rings. The second kappa shape index (κ2) is 8.61. The molecule has 162 valence electrons. The van der Waals surface area contributed by atoms with Gasteiger partial charge in [-0.05, 0) is 36.5 Å². The Bertz CT molecular complexity index is 1120. The molecule has 4 rings (SSSR count). The summed E-state index contributed by atoms with van der Waals surface area (Å²) >= 11 is 0. The molecule has 7 nitrogen and oxygen atoms in total. The van der Waals surface area contributed by atoms with Crippen LogP contribution in [0.15, 0.2) is 65.7 Å². The van der Waals surface area contributed by atoms with Crippen molar-refractivity contribution in [3.63, 3.8) is 0 Å². The molecule has 31 heavy (non-hydrogen) atoms. The van der Waals surface area contributed by atoms with Gasteiger partial charge in [0.1, 0.15) is 11.8 Å². The second-order valence-electron chi connectivity index (χ2n) is 8.35. The van der Waals surface area contributed by atoms with Gasteiger partial charge in [0.25, 0.3) is 5.56 Å². The molecule has 1 aromatic carbocycles. The number of hydrogen-bond acceptors (Lipinski definition) is 5. The average molecular weight is 421 g/mol. The first kappa shape index (κ1) is 21.2. The number of piperidine rings is 1. The van der Waals surface area contributed by atoms with Crippen LogP contribution in [0.2, 0.25) is 0 Å². The Labute approximate surface area is 180 Å². The minimum atomic E-state index is -1.48. The number of amides is 1. The van der Waals surface area contributed by atoms with E-state index in [2.05, 4.69) is 4.98 Å². The van der Waals surface area contributed by atoms with Crippen molar-refractivity contribution >= 4 is 11.6 Å². The molecule has 0 radical (unpaired) electrons. The number of aromatic nitrogens is 2. The van der Waals surface area contributed by atoms with Gasteiger partial charge in [-0.15, -0.1) is 0 Å². The third kappa shape index (κ3) is 4.24. The summed E-state index contributed by atoms with van der Waals surface area (Å²) in [6, 6.07) is 15.1. The number of aliphatic hydroxyl groups is 2. The summed E-state index contributed by atoms with van der Waals surface area (Å²) in [6.07, 6.45) is 2.32. The molecule has 2 atom stereocenters. The Kier molecular flexibility index (Phi) is 5.89. The molecular weight excluding hydrogens is 394 g/mol. The Morgan fingerprint density at radius 3 is 2.52 bits per heavy atom. The van der Waals surface area contributed by atoms with Gasteiger partial charge in [0.15, 0.2) is 0 Å². The van der Waals surface area contributed by atoms with Gasteiger partial charge in [0.05, 0.1) is 11.2 Å². The topological polar surface area (TPSA) is 95.1 Å². The van der Waals surface area contributed by atoms with Gasteiger partial charge in [-0.25, -0.2) is 4.98 Å². The van der Waals surface area contributed by atoms with E-state index < -0.39 is 17.3 Å². The molecular formula is C24H27N3O4. The van der Waals surface area contributed by atoms with Crippen LogP contribution < -0.4 is 5.56 Å². The van der Waals surface area contributed by atoms with Crippen LogP contribution in [0, 0.1) is 0 Å². The third-order valence-electron chi connectivity index (χ3n) is 6.27. The van der Waals surface area contributed by atoms with Gasteiger partial charge in [-0.2, -0.15) is 0 Å². The van der Waals surface area contributed by atoms with E-state index >= 15 is 0 Å². The number of nitrogens with zero attached hydrogens (tertiary/aromatic N) is 3. The highest BCUT2D eigenvalue weighted by molar-refractivity contribution is 5.77. The zero-order chi connectivity index (χ0) is 22.0. The SMILES string of the molecule is CC(CC(=O)N1CCC(O)(C(O)c2cnc3ccccn3c2=O)CC1)c1ccccc1. The normalized spacial score (nSPS) is 18.0. The molecule has 3 heterocycles. The number of carbonyl (C=O) groups is 1. The molecule has 7 heteroatoms. The fraction of sp³-hybridized carbons (Fsp3) is 0.375. The molecule has 0 spiro atoms. The van der Waals surface area contributed by atoms with E-state index in [4.69, 9.17) is 0 Å². The van der Waals surface area contributed by atoms with Crippen molar-refractivity contribution in [2.75, 3.05) is 13.1 Å². The zero-order valence-corrected chi connectivity index (χ0v) is 17.5. The van der Waals surface area contributed by atoms with Crippen molar-refractivity contribution in [3.05, 3.63) is 82.4 Å². The van der Waals surface area contributed by atoms with Crippen molar-refractivity contribution < 1.29 is 15.0 Å². The van der Waals surface area contributed by atoms with Crippen LogP contribution >= 0.6 is 0 Å². The third-order valence-corrected chi connectivity index (χ3v) is 6.27. The fourth-order valence-electron chi connectivity index (χ4n) is 4.23. The van der Waals surface area contributed by atoms with E-state index in [-0.39, 0.29) is 30.2 Å². The summed E-state index contributed by atoms with van der Waals surface area (Å²) in [6.45, 7) is 2.68. The number of likely N-dealkylation sites (tertiary alicyclic amines) is 1. The summed E-state index contributed by atoms with van der Waals surface area (Å²) in [5, 5.41) is 21.9. The van der Waals surface area contributed by atoms with Gasteiger partial charge in [-0.3, -0.25) is 14.0 Å². The van der Waals surface area contributed by atoms with E-state index in [1.807, 2.05) is 37.3 Å². The summed E-state index contributed by atoms with van der Waals surface area (Å²) < 4.78 is 1.35. The van der Waals surface area contributed by atoms with E-state index in [0.717, 1.165) is 5.56 Å². The lowest BCUT2D eigenvalue weighted by molar-refractivity contribution is -0.143. The summed E-state index contributed by atoms with van der Waals surface area (Å²) in [5.74, 6) is 0.129. The standard InChI is InChI=1S/C24H27N3O4/c1-17(18-7-3-2-4-8-18)15-21(28)26-13-10-24(31,11-14-26)22(29)19-16-25-20-9-5-6-12-27(20)23(19)30/h2-9,12,16-17,22,29,31H,10-11,13-15H2,1H3. The zero-order valence-electron chi connectivity index (χ0n) is 17.5. The van der Waals surface area contributed by atoms with Crippen molar-refractivity contribution in [1.82, 2.24) is 14.3 Å². The van der Waals surface area contributed by atoms with Crippen molar-refractivity contribution in [1.29, 1.82) is 0 Å². The molecule has 1 aliphatic rings. The van der Waals surface area contributed by atoms with E-state index in [0.29, 0.717) is 25.2 Å². The van der Waals surface area contributed by atoms with E-state index in [9.17, 15) is 19.8 Å². The van der Waals surface area contributed by atoms with Gasteiger partial charge in [0.2, 0.25) is 5.91 Å². The van der Waals surface area contributed by atoms with Gasteiger partial charge in [-0.1, -0.05) is 43.3 Å². The average Bonchev–Trinajstić information content (AvgIpc) is 2.80. The Balaban J connectivity index is 1.43. The Morgan fingerprint density at radius 2 is 1.81 bits per heavy atom. The van der Waals surface area contributed by atoms with Crippen LogP contribution in [-0.4, -0.2) is 49.1 Å². The first-order chi connectivity index (χ1) is 14.9. The largest absolute Gasteiger partial charge is 0.387 e. The first-order valence-corrected chi connectivity index (χ1v) is 10.6. The molecule has 0 aliphatic carbocycles. The highest BCUT2D eigenvalue weighted by atomic mass is 16.3. The van der Waals surface area contributed by atoms with Crippen molar-refractivity contribution in [2.45, 2.75) is 43.8 Å². The van der Waals surface area contributed by atoms with Gasteiger partial charge < -0.3 is 15.1 Å². The van der Waals surface area contributed by atoms with Crippen LogP contribution in [0.1, 0.15) is 49.3 Å². The number of fused-ring (bicyclic) bond motifs is 1. The maximum atomic E-state index is 12.8. The van der Waals surface area contributed by atoms with Crippen LogP contribution in [-0.2, 0) is 4.79 Å². The van der Waals surface area contributed by atoms with E-state index in [1.54, 1.807) is 29.3 Å². The summed E-state index contributed by atoms with van der Waals surface area (Å²) in [4.78, 5) is 31.5. The molecule has 1 amide bonds. The molecule has 0 saturated carbocycles. The van der Waals surface area contributed by atoms with Crippen LogP contribution in [0.25, 0.3) is 5.65 Å². The minimum Gasteiger partial charge on any atom is -0.387 e. The smallest absolute Gasteiger partial charge is 0.263 e. The molecule has 1 saturated heterocycles. The summed E-state index contributed by atoms with van der Waals surface area (Å²) in [7, 11) is 0. The lowest BCUT2D eigenvalue weighted by atomic mass is 9.83. The van der Waals surface area contributed by atoms with Gasteiger partial charge >= 0.3 is 0 Å². The fourth-order valence-corrected chi connectivity index (χ4v) is 4.23. The first-order valence-electron chi connectivity index (χ1n) is 10.6. The molecule has 3 aromatic rings. The molecule has 2 aromatic heterocycles. The molecule has 1 aliphatic heterocycles. The lowest BCUT2D eigenvalue weighted by Gasteiger charge is -2.41. The maximum absolute atomic E-state index is 12.8. The number of aliphatic hydroxyl groups excluding tert-OH is 1. The predicted molar refractivity (Wildman–Crippen MR) is 117 cm³/mol. The number of carbonyl (C=O) groups excluding carboxylic acids is 1. The predicted octanol–water partition coefficient (Wildman–Crippen LogP) is 2.28. The van der Waals surface area contributed by atoms with E-state index in [1.165, 1.54) is 10.6 Å². The van der Waals surface area contributed by atoms with Crippen LogP contribution in [0.4, 0.5) is 0 Å². The van der Waals surface area contributed by atoms with Crippen molar-refractivity contribution in [2.24, 2.45) is 0 Å². The second-order valence-corrected chi connectivity index (χ2v) is 8.35. The number of benzene rings is 1. The van der Waals surface area contributed by atoms with Gasteiger partial charge in [0, 0.05) is 31.9 Å². The van der Waals surface area contributed by atoms with Crippen LogP contribution in [0.3, 0.4) is 0 Å². The monoisotopic (exact) mass is 421 g/mol. The minimum absolute atomic E-state index is 0.0281. The number of hydrogen-bond donors (Lipinski definition) is 2. The molecule has 2 N–H and O–H groups in total. The highest BCUT2D eigenvalue weighted by Crippen LogP contribution is 2.34. The number of rotatable bonds is 5. The number of pyridine rings is 1. The molecule has 2 unspecified atom stereocenters. The molecule has 0 bridgehead atoms. The lowest BCUT2D eigenvalue weighted by Crippen LogP contribution is -2.50. The van der Waals surface area contributed by atoms with Crippen molar-refractivity contribution in [3.8, 4) is 0 Å². The highest BCUT2D eigenvalue weighted by Gasteiger charge is 2.42.